The Bertz CT molecular complexity index is 1130. The molecule has 3 aromatic rings. The fraction of sp³-hybridized carbons (Fsp3) is 0.286. The summed E-state index contributed by atoms with van der Waals surface area (Å²) in [6.45, 7) is 2.33. The van der Waals surface area contributed by atoms with Gasteiger partial charge in [-0.15, -0.1) is 0 Å². The van der Waals surface area contributed by atoms with Gasteiger partial charge in [-0.3, -0.25) is 14.3 Å². The molecule has 10 heteroatoms. The second-order valence-electron chi connectivity index (χ2n) is 7.16. The highest BCUT2D eigenvalue weighted by Gasteiger charge is 2.27. The Balaban J connectivity index is 1.48. The standard InChI is InChI=1S/C21H20Cl2N4O4/c22-16-5-4-12(9-17(16)23)18-15(10-24-6-7-30-18)11-25-20(28)14-3-1-2-13(8-14)19-26-21(29)31-27-19/h1-5,8-9,15,18,24H,6-7,10-11H2,(H,25,28)(H,26,27,29). The summed E-state index contributed by atoms with van der Waals surface area (Å²) in [4.78, 5) is 26.4. The van der Waals surface area contributed by atoms with Crippen LogP contribution in [0.3, 0.4) is 0 Å². The first-order chi connectivity index (χ1) is 15.0. The van der Waals surface area contributed by atoms with Crippen molar-refractivity contribution < 1.29 is 14.1 Å². The summed E-state index contributed by atoms with van der Waals surface area (Å²) in [5.74, 6) is -0.650. The Kier molecular flexibility index (Phi) is 6.72. The molecule has 2 atom stereocenters. The second kappa shape index (κ2) is 9.65. The third-order valence-corrected chi connectivity index (χ3v) is 5.79. The van der Waals surface area contributed by atoms with E-state index in [1.165, 1.54) is 0 Å². The smallest absolute Gasteiger partial charge is 0.372 e. The fourth-order valence-electron chi connectivity index (χ4n) is 3.51. The molecule has 8 nitrogen and oxygen atoms in total. The summed E-state index contributed by atoms with van der Waals surface area (Å²) >= 11 is 12.2. The molecule has 0 radical (unpaired) electrons. The molecule has 2 aromatic carbocycles. The van der Waals surface area contributed by atoms with Crippen molar-refractivity contribution in [3.05, 3.63) is 74.2 Å². The van der Waals surface area contributed by atoms with Crippen LogP contribution in [-0.4, -0.2) is 42.3 Å². The molecule has 1 aliphatic heterocycles. The van der Waals surface area contributed by atoms with E-state index in [-0.39, 0.29) is 23.8 Å². The van der Waals surface area contributed by atoms with E-state index in [4.69, 9.17) is 27.9 Å². The summed E-state index contributed by atoms with van der Waals surface area (Å²) in [5, 5.41) is 10.9. The number of carbonyl (C=O) groups is 1. The zero-order valence-electron chi connectivity index (χ0n) is 16.4. The number of nitrogens with zero attached hydrogens (tertiary/aromatic N) is 1. The molecule has 0 spiro atoms. The summed E-state index contributed by atoms with van der Waals surface area (Å²) in [6, 6.07) is 12.2. The van der Waals surface area contributed by atoms with Gasteiger partial charge in [0.15, 0.2) is 5.82 Å². The molecule has 4 rings (SSSR count). The maximum absolute atomic E-state index is 12.8. The Morgan fingerprint density at radius 1 is 1.19 bits per heavy atom. The number of benzene rings is 2. The maximum atomic E-state index is 12.8. The lowest BCUT2D eigenvalue weighted by Gasteiger charge is -2.25. The van der Waals surface area contributed by atoms with Gasteiger partial charge in [0.2, 0.25) is 0 Å². The number of H-pyrrole nitrogens is 1. The second-order valence-corrected chi connectivity index (χ2v) is 7.98. The van der Waals surface area contributed by atoms with Crippen LogP contribution in [0.5, 0.6) is 0 Å². The molecule has 2 heterocycles. The quantitative estimate of drug-likeness (QED) is 0.537. The highest BCUT2D eigenvalue weighted by molar-refractivity contribution is 6.42. The van der Waals surface area contributed by atoms with E-state index in [0.717, 1.165) is 12.1 Å². The molecule has 31 heavy (non-hydrogen) atoms. The highest BCUT2D eigenvalue weighted by Crippen LogP contribution is 2.32. The molecule has 0 bridgehead atoms. The number of hydrogen-bond donors (Lipinski definition) is 3. The van der Waals surface area contributed by atoms with Crippen LogP contribution >= 0.6 is 23.2 Å². The monoisotopic (exact) mass is 462 g/mol. The molecule has 1 amide bonds. The molecule has 162 valence electrons. The minimum absolute atomic E-state index is 0.0150. The van der Waals surface area contributed by atoms with E-state index >= 15 is 0 Å². The minimum Gasteiger partial charge on any atom is -0.372 e. The number of halogens is 2. The number of hydrogen-bond acceptors (Lipinski definition) is 6. The van der Waals surface area contributed by atoms with Crippen molar-refractivity contribution in [2.45, 2.75) is 6.10 Å². The molecule has 0 aliphatic carbocycles. The van der Waals surface area contributed by atoms with Crippen LogP contribution in [0.2, 0.25) is 10.0 Å². The number of nitrogens with one attached hydrogen (secondary N) is 3. The van der Waals surface area contributed by atoms with Gasteiger partial charge in [0.25, 0.3) is 5.91 Å². The van der Waals surface area contributed by atoms with Crippen molar-refractivity contribution in [1.29, 1.82) is 0 Å². The molecular formula is C21H20Cl2N4O4. The van der Waals surface area contributed by atoms with Crippen LogP contribution < -0.4 is 16.4 Å². The SMILES string of the molecule is O=C(NCC1CNCCOC1c1ccc(Cl)c(Cl)c1)c1cccc(-c2noc(=O)[nH]2)c1. The van der Waals surface area contributed by atoms with Gasteiger partial charge in [-0.25, -0.2) is 4.79 Å². The maximum Gasteiger partial charge on any atom is 0.439 e. The van der Waals surface area contributed by atoms with E-state index in [1.54, 1.807) is 36.4 Å². The summed E-state index contributed by atoms with van der Waals surface area (Å²) < 4.78 is 10.6. The van der Waals surface area contributed by atoms with Crippen LogP contribution in [0.1, 0.15) is 22.0 Å². The first kappa shape index (κ1) is 21.6. The number of rotatable bonds is 5. The van der Waals surface area contributed by atoms with Crippen molar-refractivity contribution in [1.82, 2.24) is 20.8 Å². The lowest BCUT2D eigenvalue weighted by molar-refractivity contribution is 0.0306. The lowest BCUT2D eigenvalue weighted by atomic mass is 9.95. The van der Waals surface area contributed by atoms with Crippen LogP contribution in [0.4, 0.5) is 0 Å². The third kappa shape index (κ3) is 5.16. The molecule has 3 N–H and O–H groups in total. The largest absolute Gasteiger partial charge is 0.439 e. The van der Waals surface area contributed by atoms with Crippen molar-refractivity contribution in [2.24, 2.45) is 5.92 Å². The van der Waals surface area contributed by atoms with Crippen molar-refractivity contribution in [2.75, 3.05) is 26.2 Å². The van der Waals surface area contributed by atoms with Gasteiger partial charge in [-0.2, -0.15) is 0 Å². The number of aromatic amines is 1. The van der Waals surface area contributed by atoms with Crippen LogP contribution in [0, 0.1) is 5.92 Å². The fourth-order valence-corrected chi connectivity index (χ4v) is 3.82. The Morgan fingerprint density at radius 3 is 2.84 bits per heavy atom. The van der Waals surface area contributed by atoms with E-state index in [9.17, 15) is 9.59 Å². The molecule has 1 aliphatic rings. The van der Waals surface area contributed by atoms with Gasteiger partial charge in [0.1, 0.15) is 0 Å². The Labute approximate surface area is 187 Å². The van der Waals surface area contributed by atoms with E-state index in [0.29, 0.717) is 40.9 Å². The molecule has 2 unspecified atom stereocenters. The molecule has 0 saturated carbocycles. The van der Waals surface area contributed by atoms with Crippen LogP contribution in [-0.2, 0) is 4.74 Å². The van der Waals surface area contributed by atoms with Gasteiger partial charge in [0.05, 0.1) is 22.8 Å². The van der Waals surface area contributed by atoms with Gasteiger partial charge >= 0.3 is 5.76 Å². The van der Waals surface area contributed by atoms with Crippen molar-refractivity contribution in [3.63, 3.8) is 0 Å². The van der Waals surface area contributed by atoms with Crippen molar-refractivity contribution >= 4 is 29.1 Å². The Hall–Kier alpha value is -2.65. The first-order valence-electron chi connectivity index (χ1n) is 9.73. The molecule has 1 saturated heterocycles. The summed E-state index contributed by atoms with van der Waals surface area (Å²) in [5.41, 5.74) is 1.93. The zero-order valence-corrected chi connectivity index (χ0v) is 17.9. The van der Waals surface area contributed by atoms with Gasteiger partial charge in [0, 0.05) is 36.7 Å². The Morgan fingerprint density at radius 2 is 2.06 bits per heavy atom. The van der Waals surface area contributed by atoms with E-state index in [2.05, 4.69) is 25.3 Å². The minimum atomic E-state index is -0.654. The highest BCUT2D eigenvalue weighted by atomic mass is 35.5. The summed E-state index contributed by atoms with van der Waals surface area (Å²) in [6.07, 6.45) is -0.239. The van der Waals surface area contributed by atoms with Gasteiger partial charge in [-0.1, -0.05) is 46.6 Å². The summed E-state index contributed by atoms with van der Waals surface area (Å²) in [7, 11) is 0. The van der Waals surface area contributed by atoms with Crippen LogP contribution in [0.15, 0.2) is 51.8 Å². The lowest BCUT2D eigenvalue weighted by Crippen LogP contribution is -2.36. The van der Waals surface area contributed by atoms with Crippen molar-refractivity contribution in [3.8, 4) is 11.4 Å². The normalized spacial score (nSPS) is 19.0. The predicted molar refractivity (Wildman–Crippen MR) is 116 cm³/mol. The van der Waals surface area contributed by atoms with Gasteiger partial charge in [-0.05, 0) is 29.8 Å². The first-order valence-corrected chi connectivity index (χ1v) is 10.5. The van der Waals surface area contributed by atoms with E-state index < -0.39 is 5.76 Å². The number of carbonyl (C=O) groups excluding carboxylic acids is 1. The molecule has 1 fully saturated rings. The van der Waals surface area contributed by atoms with E-state index in [1.807, 2.05) is 6.07 Å². The van der Waals surface area contributed by atoms with Gasteiger partial charge < -0.3 is 15.4 Å². The number of aromatic nitrogens is 2. The topological polar surface area (TPSA) is 109 Å². The predicted octanol–water partition coefficient (Wildman–Crippen LogP) is 3.04. The van der Waals surface area contributed by atoms with Crippen LogP contribution in [0.25, 0.3) is 11.4 Å². The number of ether oxygens (including phenoxy) is 1. The third-order valence-electron chi connectivity index (χ3n) is 5.05. The molecule has 1 aromatic heterocycles. The molecular weight excluding hydrogens is 443 g/mol. The zero-order chi connectivity index (χ0) is 21.8. The average molecular weight is 463 g/mol. The number of amides is 1. The average Bonchev–Trinajstić information content (AvgIpc) is 3.07.